The summed E-state index contributed by atoms with van der Waals surface area (Å²) in [6.45, 7) is 5.83. The molecule has 2 rings (SSSR count). The molecule has 0 saturated heterocycles. The lowest BCUT2D eigenvalue weighted by atomic mass is 10.1. The zero-order valence-corrected chi connectivity index (χ0v) is 10.5. The van der Waals surface area contributed by atoms with Crippen molar-refractivity contribution in [2.24, 2.45) is 0 Å². The lowest BCUT2D eigenvalue weighted by molar-refractivity contribution is 0.740. The van der Waals surface area contributed by atoms with E-state index in [1.165, 1.54) is 5.56 Å². The van der Waals surface area contributed by atoms with Crippen LogP contribution in [0.15, 0.2) is 61.3 Å². The molecule has 1 aromatic carbocycles. The van der Waals surface area contributed by atoms with Gasteiger partial charge in [-0.15, -0.1) is 0 Å². The molecule has 0 aliphatic carbocycles. The predicted molar refractivity (Wildman–Crippen MR) is 76.3 cm³/mol. The first-order valence-corrected chi connectivity index (χ1v) is 6.20. The maximum atomic E-state index is 4.29. The van der Waals surface area contributed by atoms with E-state index in [0.717, 1.165) is 30.8 Å². The third-order valence-corrected chi connectivity index (χ3v) is 2.80. The van der Waals surface area contributed by atoms with Gasteiger partial charge in [0, 0.05) is 31.4 Å². The highest BCUT2D eigenvalue weighted by Crippen LogP contribution is 2.09. The Kier molecular flexibility index (Phi) is 4.68. The van der Waals surface area contributed by atoms with E-state index in [0.29, 0.717) is 0 Å². The fourth-order valence-corrected chi connectivity index (χ4v) is 1.78. The fraction of sp³-hybridized carbons (Fsp3) is 0.188. The average Bonchev–Trinajstić information content (AvgIpc) is 2.45. The van der Waals surface area contributed by atoms with E-state index in [1.807, 2.05) is 42.6 Å². The molecule has 2 nitrogen and oxygen atoms in total. The molecule has 0 fully saturated rings. The molecule has 0 aliphatic heterocycles. The number of rotatable bonds is 6. The molecule has 0 spiro atoms. The van der Waals surface area contributed by atoms with Gasteiger partial charge in [0.2, 0.25) is 0 Å². The molecular formula is C16H18N2. The van der Waals surface area contributed by atoms with Gasteiger partial charge in [0.1, 0.15) is 0 Å². The van der Waals surface area contributed by atoms with Crippen LogP contribution in [-0.4, -0.2) is 18.1 Å². The van der Waals surface area contributed by atoms with Gasteiger partial charge in [-0.2, -0.15) is 0 Å². The van der Waals surface area contributed by atoms with Crippen LogP contribution in [0, 0.1) is 0 Å². The maximum absolute atomic E-state index is 4.29. The van der Waals surface area contributed by atoms with Gasteiger partial charge in [-0.3, -0.25) is 4.98 Å². The summed E-state index contributed by atoms with van der Waals surface area (Å²) in [6, 6.07) is 16.3. The summed E-state index contributed by atoms with van der Waals surface area (Å²) >= 11 is 0. The number of nitrogens with one attached hydrogen (secondary N) is 1. The first-order chi connectivity index (χ1) is 8.86. The van der Waals surface area contributed by atoms with Crippen molar-refractivity contribution in [3.8, 4) is 0 Å². The van der Waals surface area contributed by atoms with Crippen LogP contribution < -0.4 is 5.32 Å². The maximum Gasteiger partial charge on any atom is 0.0416 e. The van der Waals surface area contributed by atoms with Gasteiger partial charge in [0.05, 0.1) is 0 Å². The van der Waals surface area contributed by atoms with Crippen molar-refractivity contribution < 1.29 is 0 Å². The van der Waals surface area contributed by atoms with Gasteiger partial charge in [-0.25, -0.2) is 0 Å². The van der Waals surface area contributed by atoms with Crippen molar-refractivity contribution in [2.45, 2.75) is 6.42 Å². The monoisotopic (exact) mass is 238 g/mol. The normalized spacial score (nSPS) is 10.2. The Balaban J connectivity index is 1.72. The predicted octanol–water partition coefficient (Wildman–Crippen LogP) is 2.93. The highest BCUT2D eigenvalue weighted by Gasteiger charge is 1.98. The van der Waals surface area contributed by atoms with Gasteiger partial charge >= 0.3 is 0 Å². The van der Waals surface area contributed by atoms with E-state index in [2.05, 4.69) is 29.0 Å². The summed E-state index contributed by atoms with van der Waals surface area (Å²) in [7, 11) is 0. The zero-order chi connectivity index (χ0) is 12.6. The van der Waals surface area contributed by atoms with E-state index in [1.54, 1.807) is 0 Å². The van der Waals surface area contributed by atoms with Gasteiger partial charge < -0.3 is 5.32 Å². The quantitative estimate of drug-likeness (QED) is 0.783. The summed E-state index contributed by atoms with van der Waals surface area (Å²) in [5.41, 5.74) is 3.44. The van der Waals surface area contributed by atoms with Crippen LogP contribution >= 0.6 is 0 Å². The lowest BCUT2D eigenvalue weighted by Gasteiger charge is -2.07. The fourth-order valence-electron chi connectivity index (χ4n) is 1.78. The molecule has 0 radical (unpaired) electrons. The summed E-state index contributed by atoms with van der Waals surface area (Å²) in [5.74, 6) is 0. The molecule has 0 atom stereocenters. The van der Waals surface area contributed by atoms with Crippen LogP contribution in [0.5, 0.6) is 0 Å². The molecule has 1 N–H and O–H groups in total. The molecule has 0 bridgehead atoms. The zero-order valence-electron chi connectivity index (χ0n) is 10.5. The number of nitrogens with zero attached hydrogens (tertiary/aromatic N) is 1. The van der Waals surface area contributed by atoms with Crippen molar-refractivity contribution in [1.29, 1.82) is 0 Å². The van der Waals surface area contributed by atoms with Crippen LogP contribution in [-0.2, 0) is 6.42 Å². The van der Waals surface area contributed by atoms with Crippen LogP contribution in [0.4, 0.5) is 0 Å². The first-order valence-electron chi connectivity index (χ1n) is 6.20. The lowest BCUT2D eigenvalue weighted by Crippen LogP contribution is -2.19. The van der Waals surface area contributed by atoms with Crippen molar-refractivity contribution in [3.63, 3.8) is 0 Å². The van der Waals surface area contributed by atoms with E-state index < -0.39 is 0 Å². The Morgan fingerprint density at radius 1 is 1.06 bits per heavy atom. The molecule has 2 aromatic rings. The van der Waals surface area contributed by atoms with Crippen LogP contribution in [0.25, 0.3) is 5.57 Å². The molecular weight excluding hydrogens is 220 g/mol. The van der Waals surface area contributed by atoms with Gasteiger partial charge in [-0.05, 0) is 23.3 Å². The second kappa shape index (κ2) is 6.72. The molecule has 2 heteroatoms. The largest absolute Gasteiger partial charge is 0.312 e. The van der Waals surface area contributed by atoms with Gasteiger partial charge in [-0.1, -0.05) is 43.0 Å². The SMILES string of the molecule is C=C(CNCCc1ccccn1)c1ccccc1. The third-order valence-electron chi connectivity index (χ3n) is 2.80. The van der Waals surface area contributed by atoms with E-state index in [9.17, 15) is 0 Å². The minimum Gasteiger partial charge on any atom is -0.312 e. The molecule has 18 heavy (non-hydrogen) atoms. The topological polar surface area (TPSA) is 24.9 Å². The third kappa shape index (κ3) is 3.82. The number of benzene rings is 1. The van der Waals surface area contributed by atoms with Crippen LogP contribution in [0.2, 0.25) is 0 Å². The summed E-state index contributed by atoms with van der Waals surface area (Å²) in [5, 5.41) is 3.39. The standard InChI is InChI=1S/C16H18N2/c1-14(15-7-3-2-4-8-15)13-17-12-10-16-9-5-6-11-18-16/h2-9,11,17H,1,10,12-13H2. The summed E-state index contributed by atoms with van der Waals surface area (Å²) in [6.07, 6.45) is 2.78. The number of pyridine rings is 1. The van der Waals surface area contributed by atoms with Crippen molar-refractivity contribution >= 4 is 5.57 Å². The average molecular weight is 238 g/mol. The van der Waals surface area contributed by atoms with Crippen molar-refractivity contribution in [3.05, 3.63) is 72.6 Å². The van der Waals surface area contributed by atoms with Crippen molar-refractivity contribution in [2.75, 3.05) is 13.1 Å². The summed E-state index contributed by atoms with van der Waals surface area (Å²) < 4.78 is 0. The van der Waals surface area contributed by atoms with Crippen molar-refractivity contribution in [1.82, 2.24) is 10.3 Å². The highest BCUT2D eigenvalue weighted by molar-refractivity contribution is 5.64. The van der Waals surface area contributed by atoms with Crippen LogP contribution in [0.1, 0.15) is 11.3 Å². The van der Waals surface area contributed by atoms with Gasteiger partial charge in [0.15, 0.2) is 0 Å². The molecule has 0 unspecified atom stereocenters. The van der Waals surface area contributed by atoms with Gasteiger partial charge in [0.25, 0.3) is 0 Å². The Bertz CT molecular complexity index is 477. The van der Waals surface area contributed by atoms with E-state index in [-0.39, 0.29) is 0 Å². The molecule has 0 saturated carbocycles. The Morgan fingerprint density at radius 3 is 2.56 bits per heavy atom. The summed E-state index contributed by atoms with van der Waals surface area (Å²) in [4.78, 5) is 4.29. The highest BCUT2D eigenvalue weighted by atomic mass is 14.9. The molecule has 0 amide bonds. The molecule has 1 aromatic heterocycles. The van der Waals surface area contributed by atoms with Crippen LogP contribution in [0.3, 0.4) is 0 Å². The Labute approximate surface area is 108 Å². The minimum absolute atomic E-state index is 0.816. The smallest absolute Gasteiger partial charge is 0.0416 e. The minimum atomic E-state index is 0.816. The number of aromatic nitrogens is 1. The Morgan fingerprint density at radius 2 is 1.83 bits per heavy atom. The number of hydrogen-bond donors (Lipinski definition) is 1. The Hall–Kier alpha value is -1.93. The molecule has 92 valence electrons. The molecule has 0 aliphatic rings. The number of hydrogen-bond acceptors (Lipinski definition) is 2. The second-order valence-electron chi connectivity index (χ2n) is 4.22. The first kappa shape index (κ1) is 12.5. The van der Waals surface area contributed by atoms with E-state index in [4.69, 9.17) is 0 Å². The molecule has 1 heterocycles. The second-order valence-corrected chi connectivity index (χ2v) is 4.22. The van der Waals surface area contributed by atoms with E-state index >= 15 is 0 Å².